The number of likely N-dealkylation sites (N-methyl/N-ethyl adjacent to an activating group) is 1. The standard InChI is InChI=1S/C55H70N6O6/c1-5-58-44-25-36-9-6-12-39-34-11-8-23-53(3,26-33-15-20-45(56)60-29-33)27-37-10-7-13-42-48(37)50(64)55(52(65)66-31-43(44)41(18-17-34)47(36)39)54(67-55,49(42)63)28-38(30-62)32(2)14-16-35-22-24-59-51-40(35)19-21-46(57-4)61-51/h6-7,9-10,13,15,17-18,20,22,25,29,34,39,41,43-47,57-62H,5,8,11-12,14,16,19,21,23-24,26-28,30-31,56H2,1-4H3/b38-32-/t34-,39-,41-,43+,44+,45?,46-,47+,53+,54+,55+/m1/s1. The fourth-order valence-electron chi connectivity index (χ4n) is 13.4. The summed E-state index contributed by atoms with van der Waals surface area (Å²) < 4.78 is 13.1. The Hall–Kier alpha value is -4.85. The molecule has 1 unspecified atom stereocenters. The van der Waals surface area contributed by atoms with E-state index in [1.807, 2.05) is 38.4 Å². The molecule has 0 aromatic heterocycles. The number of aliphatic hydroxyl groups is 1. The van der Waals surface area contributed by atoms with Crippen LogP contribution in [0.1, 0.15) is 111 Å². The SMILES string of the molecule is CCN[C@H]1C=C2C=CC[C@H]3[C@H]2[C@@H]2C=C[C@H]3CCC[C@@](C)(CC3=CNC(N)C=C3)Cc3cccc4c3C(=O)[C@]3(O[C@@]3(C/C(CO)=C(\C)CCC3=CCNC5=C3CC[C@H](NC)N5)C4=O)C(=O)OC[C@@H]21. The molecule has 10 aliphatic rings. The van der Waals surface area contributed by atoms with E-state index in [0.29, 0.717) is 30.3 Å². The molecule has 67 heavy (non-hydrogen) atoms. The molecule has 0 amide bonds. The third-order valence-corrected chi connectivity index (χ3v) is 17.0. The van der Waals surface area contributed by atoms with Crippen LogP contribution >= 0.6 is 0 Å². The summed E-state index contributed by atoms with van der Waals surface area (Å²) in [5.74, 6) is 0.456. The van der Waals surface area contributed by atoms with Crippen molar-refractivity contribution >= 4 is 17.5 Å². The predicted molar refractivity (Wildman–Crippen MR) is 259 cm³/mol. The van der Waals surface area contributed by atoms with Gasteiger partial charge in [0.05, 0.1) is 25.5 Å². The van der Waals surface area contributed by atoms with Gasteiger partial charge in [-0.1, -0.05) is 86.6 Å². The third-order valence-electron chi connectivity index (χ3n) is 17.0. The number of Topliss-reactive ketones (excluding diaryl/α,β-unsaturated/α-hetero) is 2. The average Bonchev–Trinajstić information content (AvgIpc) is 4.04. The number of rotatable bonds is 11. The highest BCUT2D eigenvalue weighted by Gasteiger charge is 2.86. The second-order valence-corrected chi connectivity index (χ2v) is 21.1. The number of carbonyl (C=O) groups excluding carboxylic acids is 3. The lowest BCUT2D eigenvalue weighted by atomic mass is 9.57. The van der Waals surface area contributed by atoms with E-state index < -0.39 is 28.7 Å². The van der Waals surface area contributed by atoms with E-state index >= 15 is 14.4 Å². The third kappa shape index (κ3) is 8.04. The molecule has 0 radical (unpaired) electrons. The number of aliphatic hydroxyl groups excluding tert-OH is 1. The minimum Gasteiger partial charge on any atom is -0.463 e. The van der Waals surface area contributed by atoms with Gasteiger partial charge in [0.25, 0.3) is 5.60 Å². The van der Waals surface area contributed by atoms with Crippen LogP contribution in [0.25, 0.3) is 0 Å². The summed E-state index contributed by atoms with van der Waals surface area (Å²) >= 11 is 0. The van der Waals surface area contributed by atoms with Crippen LogP contribution in [0, 0.1) is 35.0 Å². The molecule has 6 bridgehead atoms. The van der Waals surface area contributed by atoms with Crippen LogP contribution in [0.5, 0.6) is 0 Å². The van der Waals surface area contributed by atoms with Crippen LogP contribution in [-0.4, -0.2) is 85.6 Å². The molecule has 1 fully saturated rings. The Morgan fingerprint density at radius 1 is 1.07 bits per heavy atom. The highest BCUT2D eigenvalue weighted by Crippen LogP contribution is 2.61. The molecular weight excluding hydrogens is 841 g/mol. The van der Waals surface area contributed by atoms with Crippen molar-refractivity contribution in [1.82, 2.24) is 26.6 Å². The number of epoxide rings is 1. The summed E-state index contributed by atoms with van der Waals surface area (Å²) in [6, 6.07) is 5.45. The first-order valence-corrected chi connectivity index (χ1v) is 25.1. The average molecular weight is 911 g/mol. The molecule has 0 saturated carbocycles. The van der Waals surface area contributed by atoms with E-state index in [9.17, 15) is 5.11 Å². The Kier molecular flexibility index (Phi) is 12.5. The summed E-state index contributed by atoms with van der Waals surface area (Å²) in [6.45, 7) is 7.54. The zero-order valence-electron chi connectivity index (χ0n) is 39.7. The fourth-order valence-corrected chi connectivity index (χ4v) is 13.4. The number of dihydropyridines is 2. The number of carbonyl (C=O) groups is 3. The molecule has 11 rings (SSSR count). The molecule has 6 aliphatic heterocycles. The fraction of sp³-hybridized carbons (Fsp3) is 0.545. The summed E-state index contributed by atoms with van der Waals surface area (Å²) in [6.07, 6.45) is 28.4. The van der Waals surface area contributed by atoms with Gasteiger partial charge in [-0.3, -0.25) is 9.59 Å². The first-order valence-electron chi connectivity index (χ1n) is 25.1. The maximum Gasteiger partial charge on any atom is 0.350 e. The Morgan fingerprint density at radius 2 is 1.94 bits per heavy atom. The number of hydrogen-bond acceptors (Lipinski definition) is 12. The van der Waals surface area contributed by atoms with Crippen molar-refractivity contribution in [2.75, 3.05) is 33.4 Å². The van der Waals surface area contributed by atoms with Gasteiger partial charge in [0, 0.05) is 42.3 Å². The van der Waals surface area contributed by atoms with Gasteiger partial charge in [-0.05, 0) is 147 Å². The smallest absolute Gasteiger partial charge is 0.350 e. The number of esters is 1. The van der Waals surface area contributed by atoms with Gasteiger partial charge in [0.15, 0.2) is 11.4 Å². The normalized spacial score (nSPS) is 36.5. The van der Waals surface area contributed by atoms with Crippen molar-refractivity contribution < 1.29 is 29.0 Å². The molecule has 6 heterocycles. The number of allylic oxidation sites excluding steroid dienone is 10. The molecule has 4 aliphatic carbocycles. The van der Waals surface area contributed by atoms with Crippen LogP contribution < -0.4 is 32.3 Å². The van der Waals surface area contributed by atoms with E-state index in [1.54, 1.807) is 6.07 Å². The Labute approximate surface area is 395 Å². The van der Waals surface area contributed by atoms with E-state index in [1.165, 1.54) is 16.7 Å². The molecule has 356 valence electrons. The molecule has 1 aromatic carbocycles. The molecule has 12 nitrogen and oxygen atoms in total. The number of nitrogens with two attached hydrogens (primary N) is 1. The van der Waals surface area contributed by atoms with Crippen molar-refractivity contribution in [3.05, 3.63) is 129 Å². The lowest BCUT2D eigenvalue weighted by molar-refractivity contribution is -0.150. The van der Waals surface area contributed by atoms with Gasteiger partial charge in [-0.15, -0.1) is 0 Å². The zero-order chi connectivity index (χ0) is 46.7. The first-order chi connectivity index (χ1) is 32.4. The molecule has 11 atom stereocenters. The number of benzene rings is 1. The molecule has 1 spiro atoms. The number of fused-ring (bicyclic) bond motifs is 6. The predicted octanol–water partition coefficient (Wildman–Crippen LogP) is 6.25. The van der Waals surface area contributed by atoms with E-state index in [2.05, 4.69) is 83.0 Å². The van der Waals surface area contributed by atoms with Crippen LogP contribution in [0.4, 0.5) is 0 Å². The summed E-state index contributed by atoms with van der Waals surface area (Å²) in [5, 5.41) is 28.4. The molecule has 1 saturated heterocycles. The minimum atomic E-state index is -2.19. The van der Waals surface area contributed by atoms with Gasteiger partial charge in [-0.2, -0.15) is 0 Å². The largest absolute Gasteiger partial charge is 0.463 e. The van der Waals surface area contributed by atoms with Gasteiger partial charge in [-0.25, -0.2) is 4.79 Å². The van der Waals surface area contributed by atoms with Gasteiger partial charge >= 0.3 is 5.97 Å². The molecular formula is C55H70N6O6. The summed E-state index contributed by atoms with van der Waals surface area (Å²) in [7, 11) is 1.96. The van der Waals surface area contributed by atoms with E-state index in [0.717, 1.165) is 87.0 Å². The second-order valence-electron chi connectivity index (χ2n) is 21.1. The Bertz CT molecular complexity index is 2460. The maximum absolute atomic E-state index is 15.6. The summed E-state index contributed by atoms with van der Waals surface area (Å²) in [4.78, 5) is 46.2. The second kappa shape index (κ2) is 18.2. The first kappa shape index (κ1) is 45.9. The van der Waals surface area contributed by atoms with Crippen molar-refractivity contribution in [2.24, 2.45) is 40.7 Å². The lowest BCUT2D eigenvalue weighted by Crippen LogP contribution is -2.53. The van der Waals surface area contributed by atoms with E-state index in [4.69, 9.17) is 15.2 Å². The maximum atomic E-state index is 15.6. The van der Waals surface area contributed by atoms with Crippen molar-refractivity contribution in [3.8, 4) is 0 Å². The highest BCUT2D eigenvalue weighted by molar-refractivity contribution is 6.33. The molecule has 1 aromatic rings. The van der Waals surface area contributed by atoms with Gasteiger partial charge in [0.1, 0.15) is 5.82 Å². The monoisotopic (exact) mass is 911 g/mol. The van der Waals surface area contributed by atoms with Crippen molar-refractivity contribution in [3.63, 3.8) is 0 Å². The Morgan fingerprint density at radius 3 is 2.73 bits per heavy atom. The highest BCUT2D eigenvalue weighted by atomic mass is 16.7. The quantitative estimate of drug-likeness (QED) is 0.0576. The van der Waals surface area contributed by atoms with Crippen molar-refractivity contribution in [1.29, 1.82) is 0 Å². The number of ketones is 2. The van der Waals surface area contributed by atoms with Gasteiger partial charge in [0.2, 0.25) is 5.78 Å². The number of nitrogens with one attached hydrogen (secondary N) is 5. The number of hydrogen-bond donors (Lipinski definition) is 7. The van der Waals surface area contributed by atoms with Crippen molar-refractivity contribution in [2.45, 2.75) is 121 Å². The molecule has 12 heteroatoms. The zero-order valence-corrected chi connectivity index (χ0v) is 39.7. The lowest BCUT2D eigenvalue weighted by Gasteiger charge is -2.49. The van der Waals surface area contributed by atoms with Crippen LogP contribution in [0.2, 0.25) is 0 Å². The topological polar surface area (TPSA) is 179 Å². The van der Waals surface area contributed by atoms with Gasteiger partial charge < -0.3 is 46.9 Å². The summed E-state index contributed by atoms with van der Waals surface area (Å²) in [5.41, 5.74) is 9.56. The van der Waals surface area contributed by atoms with Crippen LogP contribution in [-0.2, 0) is 20.7 Å². The minimum absolute atomic E-state index is 0.0605. The van der Waals surface area contributed by atoms with Crippen LogP contribution in [0.3, 0.4) is 0 Å². The Balaban J connectivity index is 1.03. The van der Waals surface area contributed by atoms with Crippen LogP contribution in [0.15, 0.2) is 112 Å². The number of ether oxygens (including phenoxy) is 2. The van der Waals surface area contributed by atoms with E-state index in [-0.39, 0.29) is 72.3 Å². The molecule has 8 N–H and O–H groups in total.